The minimum absolute atomic E-state index is 0.163. The normalized spacial score (nSPS) is 10.5. The number of carbonyl (C=O) groups is 2. The smallest absolute Gasteiger partial charge is 0.304 e. The maximum absolute atomic E-state index is 10.6. The van der Waals surface area contributed by atoms with Crippen molar-refractivity contribution in [2.75, 3.05) is 0 Å². The molecule has 0 saturated heterocycles. The van der Waals surface area contributed by atoms with Crippen LogP contribution in [0.5, 0.6) is 0 Å². The monoisotopic (exact) mass is 211 g/mol. The van der Waals surface area contributed by atoms with Gasteiger partial charge in [0.1, 0.15) is 0 Å². The summed E-state index contributed by atoms with van der Waals surface area (Å²) in [4.78, 5) is 21.2. The van der Waals surface area contributed by atoms with Crippen molar-refractivity contribution in [2.45, 2.75) is 18.8 Å². The molecule has 2 N–H and O–H groups in total. The second kappa shape index (κ2) is 4.63. The Kier molecular flexibility index (Phi) is 3.49. The Morgan fingerprint density at radius 1 is 1.33 bits per heavy atom. The molecule has 1 aromatic rings. The van der Waals surface area contributed by atoms with E-state index in [1.54, 1.807) is 29.9 Å². The summed E-state index contributed by atoms with van der Waals surface area (Å²) in [6, 6.07) is 3.52. The highest BCUT2D eigenvalue weighted by atomic mass is 16.4. The highest BCUT2D eigenvalue weighted by Crippen LogP contribution is 2.23. The Morgan fingerprint density at radius 2 is 1.87 bits per heavy atom. The van der Waals surface area contributed by atoms with E-state index in [0.29, 0.717) is 0 Å². The molecule has 0 unspecified atom stereocenters. The number of carboxylic acid groups (broad SMARTS) is 2. The van der Waals surface area contributed by atoms with Crippen LogP contribution in [0.3, 0.4) is 0 Å². The van der Waals surface area contributed by atoms with Crippen LogP contribution >= 0.6 is 0 Å². The number of hydrogen-bond acceptors (Lipinski definition) is 2. The molecular formula is C10H13NO4. The van der Waals surface area contributed by atoms with Crippen molar-refractivity contribution in [1.29, 1.82) is 0 Å². The summed E-state index contributed by atoms with van der Waals surface area (Å²) in [5.41, 5.74) is 0.736. The van der Waals surface area contributed by atoms with Crippen LogP contribution in [0.4, 0.5) is 0 Å². The quantitative estimate of drug-likeness (QED) is 0.763. The van der Waals surface area contributed by atoms with Gasteiger partial charge in [-0.15, -0.1) is 0 Å². The zero-order valence-corrected chi connectivity index (χ0v) is 8.38. The SMILES string of the molecule is Cn1cccc1C(CC(=O)O)CC(=O)O. The third kappa shape index (κ3) is 3.12. The van der Waals surface area contributed by atoms with Crippen molar-refractivity contribution in [3.8, 4) is 0 Å². The molecule has 82 valence electrons. The molecule has 5 heteroatoms. The minimum Gasteiger partial charge on any atom is -0.481 e. The molecule has 1 rings (SSSR count). The molecule has 0 amide bonds. The van der Waals surface area contributed by atoms with Gasteiger partial charge in [-0.1, -0.05) is 0 Å². The molecule has 1 aromatic heterocycles. The summed E-state index contributed by atoms with van der Waals surface area (Å²) >= 11 is 0. The third-order valence-corrected chi connectivity index (χ3v) is 2.24. The van der Waals surface area contributed by atoms with Crippen molar-refractivity contribution >= 4 is 11.9 Å². The van der Waals surface area contributed by atoms with Gasteiger partial charge in [-0.3, -0.25) is 9.59 Å². The van der Waals surface area contributed by atoms with Gasteiger partial charge in [-0.2, -0.15) is 0 Å². The summed E-state index contributed by atoms with van der Waals surface area (Å²) in [6.07, 6.45) is 1.44. The molecule has 0 aromatic carbocycles. The maximum Gasteiger partial charge on any atom is 0.304 e. The van der Waals surface area contributed by atoms with Crippen LogP contribution in [0.15, 0.2) is 18.3 Å². The van der Waals surface area contributed by atoms with Gasteiger partial charge < -0.3 is 14.8 Å². The first kappa shape index (κ1) is 11.3. The van der Waals surface area contributed by atoms with E-state index in [2.05, 4.69) is 0 Å². The highest BCUT2D eigenvalue weighted by Gasteiger charge is 2.20. The van der Waals surface area contributed by atoms with Gasteiger partial charge in [0.2, 0.25) is 0 Å². The first-order valence-corrected chi connectivity index (χ1v) is 4.55. The first-order valence-electron chi connectivity index (χ1n) is 4.55. The molecule has 0 bridgehead atoms. The van der Waals surface area contributed by atoms with Gasteiger partial charge in [0, 0.05) is 24.9 Å². The molecule has 0 fully saturated rings. The summed E-state index contributed by atoms with van der Waals surface area (Å²) in [6.45, 7) is 0. The van der Waals surface area contributed by atoms with Gasteiger partial charge in [-0.25, -0.2) is 0 Å². The summed E-state index contributed by atoms with van der Waals surface area (Å²) in [5, 5.41) is 17.4. The van der Waals surface area contributed by atoms with Gasteiger partial charge in [0.25, 0.3) is 0 Å². The molecule has 5 nitrogen and oxygen atoms in total. The van der Waals surface area contributed by atoms with E-state index >= 15 is 0 Å². The predicted octanol–water partition coefficient (Wildman–Crippen LogP) is 1.06. The zero-order chi connectivity index (χ0) is 11.4. The van der Waals surface area contributed by atoms with Crippen molar-refractivity contribution < 1.29 is 19.8 Å². The third-order valence-electron chi connectivity index (χ3n) is 2.24. The summed E-state index contributed by atoms with van der Waals surface area (Å²) < 4.78 is 1.75. The lowest BCUT2D eigenvalue weighted by atomic mass is 9.97. The number of nitrogens with zero attached hydrogens (tertiary/aromatic N) is 1. The van der Waals surface area contributed by atoms with E-state index in [4.69, 9.17) is 10.2 Å². The fourth-order valence-electron chi connectivity index (χ4n) is 1.60. The van der Waals surface area contributed by atoms with Crippen LogP contribution in [-0.2, 0) is 16.6 Å². The second-order valence-electron chi connectivity index (χ2n) is 3.44. The number of rotatable bonds is 5. The highest BCUT2D eigenvalue weighted by molar-refractivity contribution is 5.72. The van der Waals surface area contributed by atoms with E-state index in [-0.39, 0.29) is 12.8 Å². The van der Waals surface area contributed by atoms with Crippen LogP contribution in [-0.4, -0.2) is 26.7 Å². The Balaban J connectivity index is 2.85. The number of aliphatic carboxylic acids is 2. The summed E-state index contributed by atoms with van der Waals surface area (Å²) in [7, 11) is 1.77. The van der Waals surface area contributed by atoms with E-state index in [9.17, 15) is 9.59 Å². The average molecular weight is 211 g/mol. The van der Waals surface area contributed by atoms with E-state index in [1.807, 2.05) is 0 Å². The fraction of sp³-hybridized carbons (Fsp3) is 0.400. The van der Waals surface area contributed by atoms with Gasteiger partial charge in [0.15, 0.2) is 0 Å². The Hall–Kier alpha value is -1.78. The largest absolute Gasteiger partial charge is 0.481 e. The van der Waals surface area contributed by atoms with Crippen molar-refractivity contribution in [2.24, 2.45) is 7.05 Å². The summed E-state index contributed by atoms with van der Waals surface area (Å²) in [5.74, 6) is -2.44. The Bertz CT molecular complexity index is 353. The number of carboxylic acids is 2. The minimum atomic E-state index is -0.984. The van der Waals surface area contributed by atoms with Gasteiger partial charge in [0.05, 0.1) is 12.8 Å². The fourth-order valence-corrected chi connectivity index (χ4v) is 1.60. The Morgan fingerprint density at radius 3 is 2.20 bits per heavy atom. The van der Waals surface area contributed by atoms with Crippen molar-refractivity contribution in [3.63, 3.8) is 0 Å². The molecule has 0 aliphatic rings. The molecule has 0 atom stereocenters. The van der Waals surface area contributed by atoms with Crippen molar-refractivity contribution in [3.05, 3.63) is 24.0 Å². The molecule has 0 spiro atoms. The average Bonchev–Trinajstić information content (AvgIpc) is 2.48. The van der Waals surface area contributed by atoms with Crippen LogP contribution < -0.4 is 0 Å². The lowest BCUT2D eigenvalue weighted by molar-refractivity contribution is -0.139. The molecule has 0 aliphatic carbocycles. The molecule has 0 saturated carbocycles. The number of hydrogen-bond donors (Lipinski definition) is 2. The van der Waals surface area contributed by atoms with Crippen LogP contribution in [0.1, 0.15) is 24.5 Å². The van der Waals surface area contributed by atoms with E-state index in [0.717, 1.165) is 5.69 Å². The Labute approximate surface area is 87.0 Å². The molecule has 1 heterocycles. The lowest BCUT2D eigenvalue weighted by Crippen LogP contribution is -2.13. The van der Waals surface area contributed by atoms with Crippen molar-refractivity contribution in [1.82, 2.24) is 4.57 Å². The molecule has 0 radical (unpaired) electrons. The first-order chi connectivity index (χ1) is 7.00. The number of aryl methyl sites for hydroxylation is 1. The molecular weight excluding hydrogens is 198 g/mol. The van der Waals surface area contributed by atoms with E-state index in [1.165, 1.54) is 0 Å². The topological polar surface area (TPSA) is 79.5 Å². The molecule has 15 heavy (non-hydrogen) atoms. The van der Waals surface area contributed by atoms with Crippen LogP contribution in [0.2, 0.25) is 0 Å². The van der Waals surface area contributed by atoms with Crippen LogP contribution in [0, 0.1) is 0 Å². The standard InChI is InChI=1S/C10H13NO4/c1-11-4-2-3-8(11)7(5-9(12)13)6-10(14)15/h2-4,7H,5-6H2,1H3,(H,12,13)(H,14,15). The number of aromatic nitrogens is 1. The van der Waals surface area contributed by atoms with Crippen LogP contribution in [0.25, 0.3) is 0 Å². The molecule has 0 aliphatic heterocycles. The maximum atomic E-state index is 10.6. The zero-order valence-electron chi connectivity index (χ0n) is 8.38. The van der Waals surface area contributed by atoms with E-state index < -0.39 is 17.9 Å². The van der Waals surface area contributed by atoms with Gasteiger partial charge in [-0.05, 0) is 12.1 Å². The second-order valence-corrected chi connectivity index (χ2v) is 3.44. The predicted molar refractivity (Wildman–Crippen MR) is 52.7 cm³/mol. The lowest BCUT2D eigenvalue weighted by Gasteiger charge is -2.13. The van der Waals surface area contributed by atoms with Gasteiger partial charge >= 0.3 is 11.9 Å².